The number of carbonyl (C=O) groups is 1. The number of aliphatic hydroxyl groups is 1. The van der Waals surface area contributed by atoms with E-state index in [1.807, 2.05) is 18.2 Å². The van der Waals surface area contributed by atoms with Crippen LogP contribution >= 0.6 is 23.4 Å². The number of carboxylic acid groups (broad SMARTS) is 1. The highest BCUT2D eigenvalue weighted by molar-refractivity contribution is 7.99. The third-order valence-corrected chi connectivity index (χ3v) is 5.48. The third-order valence-electron chi connectivity index (χ3n) is 3.82. The van der Waals surface area contributed by atoms with Crippen molar-refractivity contribution in [3.63, 3.8) is 0 Å². The normalized spacial score (nSPS) is 10.6. The highest BCUT2D eigenvalue weighted by Crippen LogP contribution is 2.40. The van der Waals surface area contributed by atoms with Crippen LogP contribution < -0.4 is 5.32 Å². The van der Waals surface area contributed by atoms with Gasteiger partial charge in [0.1, 0.15) is 5.03 Å². The van der Waals surface area contributed by atoms with Crippen LogP contribution in [0.5, 0.6) is 0 Å². The molecule has 2 heterocycles. The maximum atomic E-state index is 11.1. The summed E-state index contributed by atoms with van der Waals surface area (Å²) in [6.45, 7) is -0.0808. The lowest BCUT2D eigenvalue weighted by Gasteiger charge is -2.17. The Bertz CT molecular complexity index is 954. The zero-order valence-corrected chi connectivity index (χ0v) is 15.7. The SMILES string of the molecule is O=C(O)NCc1c(-c2cccnc2)ccc(Cl)c1Sc1ncccc1CO. The van der Waals surface area contributed by atoms with Gasteiger partial charge in [-0.3, -0.25) is 4.98 Å². The molecule has 1 aromatic carbocycles. The zero-order chi connectivity index (χ0) is 19.2. The van der Waals surface area contributed by atoms with E-state index in [1.54, 1.807) is 36.8 Å². The topological polar surface area (TPSA) is 95.3 Å². The minimum atomic E-state index is -1.13. The minimum absolute atomic E-state index is 0.0732. The molecular weight excluding hydrogens is 386 g/mol. The number of hydrogen-bond acceptors (Lipinski definition) is 5. The summed E-state index contributed by atoms with van der Waals surface area (Å²) < 4.78 is 0. The van der Waals surface area contributed by atoms with E-state index in [4.69, 9.17) is 16.7 Å². The molecule has 0 fully saturated rings. The Morgan fingerprint density at radius 1 is 1.19 bits per heavy atom. The first-order valence-corrected chi connectivity index (χ1v) is 9.20. The number of hydrogen-bond donors (Lipinski definition) is 3. The lowest BCUT2D eigenvalue weighted by molar-refractivity contribution is 0.194. The van der Waals surface area contributed by atoms with E-state index >= 15 is 0 Å². The molecular formula is C19H16ClN3O3S. The van der Waals surface area contributed by atoms with E-state index in [9.17, 15) is 9.90 Å². The second kappa shape index (κ2) is 8.85. The number of aliphatic hydroxyl groups excluding tert-OH is 1. The first-order chi connectivity index (χ1) is 13.1. The fraction of sp³-hybridized carbons (Fsp3) is 0.105. The average molecular weight is 402 g/mol. The van der Waals surface area contributed by atoms with Crippen LogP contribution in [0.2, 0.25) is 5.02 Å². The van der Waals surface area contributed by atoms with Crippen molar-refractivity contribution in [2.24, 2.45) is 0 Å². The number of aromatic nitrogens is 2. The van der Waals surface area contributed by atoms with E-state index in [0.29, 0.717) is 20.5 Å². The maximum absolute atomic E-state index is 11.1. The van der Waals surface area contributed by atoms with Crippen LogP contribution in [-0.2, 0) is 13.2 Å². The average Bonchev–Trinajstić information content (AvgIpc) is 2.69. The van der Waals surface area contributed by atoms with Crippen molar-refractivity contribution >= 4 is 29.5 Å². The van der Waals surface area contributed by atoms with Gasteiger partial charge < -0.3 is 15.5 Å². The second-order valence-corrected chi connectivity index (χ2v) is 6.94. The Hall–Kier alpha value is -2.61. The number of pyridine rings is 2. The summed E-state index contributed by atoms with van der Waals surface area (Å²) in [7, 11) is 0. The van der Waals surface area contributed by atoms with Crippen LogP contribution in [-0.4, -0.2) is 26.3 Å². The van der Waals surface area contributed by atoms with Crippen LogP contribution in [0.25, 0.3) is 11.1 Å². The van der Waals surface area contributed by atoms with Crippen LogP contribution in [0.1, 0.15) is 11.1 Å². The molecule has 138 valence electrons. The number of amides is 1. The second-order valence-electron chi connectivity index (χ2n) is 5.53. The molecule has 0 atom stereocenters. The Kier molecular flexibility index (Phi) is 6.28. The van der Waals surface area contributed by atoms with Gasteiger partial charge in [-0.1, -0.05) is 41.6 Å². The summed E-state index contributed by atoms with van der Waals surface area (Å²) in [5, 5.41) is 22.1. The van der Waals surface area contributed by atoms with Crippen molar-refractivity contribution in [3.05, 3.63) is 71.1 Å². The molecule has 0 saturated carbocycles. The quantitative estimate of drug-likeness (QED) is 0.572. The van der Waals surface area contributed by atoms with Gasteiger partial charge in [0.2, 0.25) is 0 Å². The van der Waals surface area contributed by atoms with Crippen molar-refractivity contribution in [2.75, 3.05) is 0 Å². The number of rotatable bonds is 6. The van der Waals surface area contributed by atoms with Crippen molar-refractivity contribution in [1.82, 2.24) is 15.3 Å². The van der Waals surface area contributed by atoms with Crippen LogP contribution in [0.3, 0.4) is 0 Å². The molecule has 6 nitrogen and oxygen atoms in total. The number of benzene rings is 1. The number of nitrogens with zero attached hydrogens (tertiary/aromatic N) is 2. The third kappa shape index (κ3) is 4.57. The predicted octanol–water partition coefficient (Wildman–Crippen LogP) is 4.21. The van der Waals surface area contributed by atoms with E-state index in [0.717, 1.165) is 16.7 Å². The van der Waals surface area contributed by atoms with Gasteiger partial charge in [0.05, 0.1) is 11.6 Å². The van der Waals surface area contributed by atoms with Crippen LogP contribution in [0, 0.1) is 0 Å². The first-order valence-electron chi connectivity index (χ1n) is 8.01. The summed E-state index contributed by atoms with van der Waals surface area (Å²) in [5.74, 6) is 0. The molecule has 0 unspecified atom stereocenters. The number of halogens is 1. The van der Waals surface area contributed by atoms with Crippen molar-refractivity contribution in [2.45, 2.75) is 23.1 Å². The fourth-order valence-electron chi connectivity index (χ4n) is 2.57. The smallest absolute Gasteiger partial charge is 0.404 e. The molecule has 27 heavy (non-hydrogen) atoms. The lowest BCUT2D eigenvalue weighted by Crippen LogP contribution is -2.21. The van der Waals surface area contributed by atoms with E-state index in [1.165, 1.54) is 11.8 Å². The molecule has 0 radical (unpaired) electrons. The van der Waals surface area contributed by atoms with Gasteiger partial charge in [-0.2, -0.15) is 0 Å². The molecule has 3 aromatic rings. The van der Waals surface area contributed by atoms with Gasteiger partial charge in [-0.05, 0) is 29.3 Å². The highest BCUT2D eigenvalue weighted by Gasteiger charge is 2.18. The van der Waals surface area contributed by atoms with Gasteiger partial charge >= 0.3 is 6.09 Å². The summed E-state index contributed by atoms with van der Waals surface area (Å²) in [6.07, 6.45) is 3.89. The van der Waals surface area contributed by atoms with Crippen LogP contribution in [0.15, 0.2) is 64.9 Å². The molecule has 2 aromatic heterocycles. The van der Waals surface area contributed by atoms with Crippen molar-refractivity contribution in [1.29, 1.82) is 0 Å². The fourth-order valence-corrected chi connectivity index (χ4v) is 3.91. The first kappa shape index (κ1) is 19.2. The Balaban J connectivity index is 2.12. The molecule has 0 spiro atoms. The summed E-state index contributed by atoms with van der Waals surface area (Å²) in [4.78, 5) is 20.2. The molecule has 8 heteroatoms. The van der Waals surface area contributed by atoms with Gasteiger partial charge in [0.25, 0.3) is 0 Å². The predicted molar refractivity (Wildman–Crippen MR) is 104 cm³/mol. The van der Waals surface area contributed by atoms with Crippen LogP contribution in [0.4, 0.5) is 4.79 Å². The van der Waals surface area contributed by atoms with Gasteiger partial charge in [-0.15, -0.1) is 0 Å². The largest absolute Gasteiger partial charge is 0.465 e. The van der Waals surface area contributed by atoms with Gasteiger partial charge in [-0.25, -0.2) is 9.78 Å². The molecule has 3 N–H and O–H groups in total. The number of nitrogens with one attached hydrogen (secondary N) is 1. The zero-order valence-electron chi connectivity index (χ0n) is 14.1. The summed E-state index contributed by atoms with van der Waals surface area (Å²) >= 11 is 7.74. The highest BCUT2D eigenvalue weighted by atomic mass is 35.5. The summed E-state index contributed by atoms with van der Waals surface area (Å²) in [5.41, 5.74) is 3.06. The molecule has 1 amide bonds. The van der Waals surface area contributed by atoms with Crippen molar-refractivity contribution < 1.29 is 15.0 Å². The summed E-state index contributed by atoms with van der Waals surface area (Å²) in [6, 6.07) is 10.8. The Morgan fingerprint density at radius 2 is 2.00 bits per heavy atom. The van der Waals surface area contributed by atoms with E-state index < -0.39 is 6.09 Å². The molecule has 0 bridgehead atoms. The van der Waals surface area contributed by atoms with E-state index in [-0.39, 0.29) is 13.2 Å². The maximum Gasteiger partial charge on any atom is 0.404 e. The lowest BCUT2D eigenvalue weighted by atomic mass is 10.0. The standard InChI is InChI=1S/C19H16ClN3O3S/c20-16-6-5-14(12-3-1-7-21-9-12)15(10-23-19(25)26)17(16)27-18-13(11-24)4-2-8-22-18/h1-9,23-24H,10-11H2,(H,25,26). The molecule has 0 aliphatic heterocycles. The molecule has 3 rings (SSSR count). The van der Waals surface area contributed by atoms with E-state index in [2.05, 4.69) is 15.3 Å². The Labute approximate surface area is 165 Å². The molecule has 0 aliphatic rings. The van der Waals surface area contributed by atoms with Crippen molar-refractivity contribution in [3.8, 4) is 11.1 Å². The van der Waals surface area contributed by atoms with Gasteiger partial charge in [0, 0.05) is 41.2 Å². The van der Waals surface area contributed by atoms with Gasteiger partial charge in [0.15, 0.2) is 0 Å². The molecule has 0 aliphatic carbocycles. The monoisotopic (exact) mass is 401 g/mol. The Morgan fingerprint density at radius 3 is 2.70 bits per heavy atom. The minimum Gasteiger partial charge on any atom is -0.465 e. The molecule has 0 saturated heterocycles.